The Morgan fingerprint density at radius 1 is 0.737 bits per heavy atom. The third-order valence-corrected chi connectivity index (χ3v) is 7.97. The van der Waals surface area contributed by atoms with E-state index in [2.05, 4.69) is 36.6 Å². The van der Waals surface area contributed by atoms with E-state index in [4.69, 9.17) is 0 Å². The van der Waals surface area contributed by atoms with Crippen molar-refractivity contribution in [3.8, 4) is 0 Å². The molecule has 0 aliphatic carbocycles. The van der Waals surface area contributed by atoms with Crippen LogP contribution in [0.15, 0.2) is 29.6 Å². The summed E-state index contributed by atoms with van der Waals surface area (Å²) < 4.78 is 8.65. The Labute approximate surface area is 125 Å². The minimum Gasteiger partial charge on any atom is -0.142 e. The van der Waals surface area contributed by atoms with Crippen molar-refractivity contribution < 1.29 is 0 Å². The lowest BCUT2D eigenvalue weighted by molar-refractivity contribution is 1.66. The molecule has 0 bridgehead atoms. The van der Waals surface area contributed by atoms with Gasteiger partial charge in [-0.3, -0.25) is 0 Å². The number of thiophene rings is 4. The van der Waals surface area contributed by atoms with E-state index in [0.29, 0.717) is 0 Å². The van der Waals surface area contributed by atoms with Gasteiger partial charge in [0.25, 0.3) is 0 Å². The highest BCUT2D eigenvalue weighted by Gasteiger charge is 2.12. The van der Waals surface area contributed by atoms with Crippen LogP contribution in [0.1, 0.15) is 4.88 Å². The van der Waals surface area contributed by atoms with Crippen molar-refractivity contribution in [2.45, 2.75) is 6.92 Å². The number of aryl methyl sites for hydroxylation is 1. The van der Waals surface area contributed by atoms with Crippen LogP contribution in [-0.4, -0.2) is 0 Å². The first-order valence-electron chi connectivity index (χ1n) is 6.02. The fourth-order valence-corrected chi connectivity index (χ4v) is 7.44. The van der Waals surface area contributed by atoms with Crippen molar-refractivity contribution in [3.05, 3.63) is 34.5 Å². The quantitative estimate of drug-likeness (QED) is 0.293. The Morgan fingerprint density at radius 3 is 2.42 bits per heavy atom. The summed E-state index contributed by atoms with van der Waals surface area (Å²) in [5.74, 6) is 0. The molecule has 0 spiro atoms. The molecule has 0 nitrogen and oxygen atoms in total. The molecule has 0 atom stereocenters. The van der Waals surface area contributed by atoms with Crippen LogP contribution in [0.3, 0.4) is 0 Å². The zero-order valence-electron chi connectivity index (χ0n) is 10.0. The van der Waals surface area contributed by atoms with Gasteiger partial charge in [0.15, 0.2) is 0 Å². The molecular weight excluding hydrogens is 308 g/mol. The molecule has 0 saturated carbocycles. The van der Waals surface area contributed by atoms with Crippen LogP contribution >= 0.6 is 45.3 Å². The van der Waals surface area contributed by atoms with Crippen molar-refractivity contribution in [2.24, 2.45) is 0 Å². The molecule has 4 heterocycles. The van der Waals surface area contributed by atoms with Gasteiger partial charge < -0.3 is 0 Å². The molecule has 0 aliphatic rings. The SMILES string of the molecule is Cc1cc2sc3cc4sc5ccsc5c4cc3c2s1. The lowest BCUT2D eigenvalue weighted by atomic mass is 10.2. The van der Waals surface area contributed by atoms with E-state index in [9.17, 15) is 0 Å². The molecule has 0 aliphatic heterocycles. The van der Waals surface area contributed by atoms with E-state index in [0.717, 1.165) is 0 Å². The fourth-order valence-electron chi connectivity index (χ4n) is 2.65. The maximum absolute atomic E-state index is 2.41. The third-order valence-electron chi connectivity index (χ3n) is 3.46. The lowest BCUT2D eigenvalue weighted by Gasteiger charge is -1.92. The van der Waals surface area contributed by atoms with Crippen molar-refractivity contribution in [3.63, 3.8) is 0 Å². The number of benzene rings is 1. The molecular formula is C15H8S4. The second-order valence-corrected chi connectivity index (χ2v) is 9.05. The van der Waals surface area contributed by atoms with Crippen LogP contribution in [0, 0.1) is 6.92 Å². The predicted molar refractivity (Wildman–Crippen MR) is 92.7 cm³/mol. The van der Waals surface area contributed by atoms with Crippen LogP contribution in [0.5, 0.6) is 0 Å². The summed E-state index contributed by atoms with van der Waals surface area (Å²) in [6.07, 6.45) is 0. The van der Waals surface area contributed by atoms with Gasteiger partial charge in [-0.2, -0.15) is 0 Å². The summed E-state index contributed by atoms with van der Waals surface area (Å²) in [4.78, 5) is 1.41. The van der Waals surface area contributed by atoms with Gasteiger partial charge in [0.05, 0.1) is 9.40 Å². The Balaban J connectivity index is 2.06. The zero-order valence-corrected chi connectivity index (χ0v) is 13.3. The molecule has 19 heavy (non-hydrogen) atoms. The smallest absolute Gasteiger partial charge is 0.0532 e. The van der Waals surface area contributed by atoms with E-state index in [1.54, 1.807) is 0 Å². The van der Waals surface area contributed by atoms with Gasteiger partial charge in [-0.25, -0.2) is 0 Å². The van der Waals surface area contributed by atoms with Crippen LogP contribution < -0.4 is 0 Å². The molecule has 0 fully saturated rings. The largest absolute Gasteiger partial charge is 0.142 e. The normalized spacial score (nSPS) is 12.5. The molecule has 0 amide bonds. The number of rotatable bonds is 0. The summed E-state index contributed by atoms with van der Waals surface area (Å²) in [6.45, 7) is 2.20. The average Bonchev–Trinajstić information content (AvgIpc) is 3.05. The van der Waals surface area contributed by atoms with Crippen molar-refractivity contribution >= 4 is 84.3 Å². The van der Waals surface area contributed by atoms with E-state index < -0.39 is 0 Å². The third kappa shape index (κ3) is 1.37. The highest BCUT2D eigenvalue weighted by molar-refractivity contribution is 7.34. The summed E-state index contributed by atoms with van der Waals surface area (Å²) >= 11 is 7.64. The molecule has 92 valence electrons. The summed E-state index contributed by atoms with van der Waals surface area (Å²) in [7, 11) is 0. The Hall–Kier alpha value is -0.940. The van der Waals surface area contributed by atoms with Crippen molar-refractivity contribution in [1.82, 2.24) is 0 Å². The molecule has 4 aromatic heterocycles. The van der Waals surface area contributed by atoms with E-state index in [1.807, 2.05) is 45.3 Å². The van der Waals surface area contributed by atoms with Gasteiger partial charge in [0.2, 0.25) is 0 Å². The number of hydrogen-bond donors (Lipinski definition) is 0. The van der Waals surface area contributed by atoms with Crippen LogP contribution in [0.25, 0.3) is 39.0 Å². The van der Waals surface area contributed by atoms with E-state index in [1.165, 1.54) is 43.8 Å². The minimum absolute atomic E-state index is 1.41. The highest BCUT2D eigenvalue weighted by Crippen LogP contribution is 2.45. The molecule has 5 rings (SSSR count). The van der Waals surface area contributed by atoms with Gasteiger partial charge >= 0.3 is 0 Å². The monoisotopic (exact) mass is 316 g/mol. The minimum atomic E-state index is 1.41. The summed E-state index contributed by atoms with van der Waals surface area (Å²) in [5, 5.41) is 5.08. The molecule has 0 radical (unpaired) electrons. The maximum atomic E-state index is 2.41. The predicted octanol–water partition coefficient (Wildman–Crippen LogP) is 6.85. The zero-order chi connectivity index (χ0) is 12.6. The molecule has 4 heteroatoms. The average molecular weight is 316 g/mol. The van der Waals surface area contributed by atoms with Gasteiger partial charge in [0, 0.05) is 34.4 Å². The Morgan fingerprint density at radius 2 is 1.53 bits per heavy atom. The number of hydrogen-bond acceptors (Lipinski definition) is 4. The lowest BCUT2D eigenvalue weighted by Crippen LogP contribution is -1.64. The van der Waals surface area contributed by atoms with Crippen LogP contribution in [0.2, 0.25) is 0 Å². The van der Waals surface area contributed by atoms with Gasteiger partial charge in [-0.1, -0.05) is 0 Å². The molecule has 1 aromatic carbocycles. The summed E-state index contributed by atoms with van der Waals surface area (Å²) in [5.41, 5.74) is 0. The van der Waals surface area contributed by atoms with Crippen molar-refractivity contribution in [2.75, 3.05) is 0 Å². The van der Waals surface area contributed by atoms with E-state index >= 15 is 0 Å². The second kappa shape index (κ2) is 3.58. The Bertz CT molecular complexity index is 1070. The van der Waals surface area contributed by atoms with Crippen LogP contribution in [-0.2, 0) is 0 Å². The molecule has 0 unspecified atom stereocenters. The first-order valence-corrected chi connectivity index (χ1v) is 9.35. The standard InChI is InChI=1S/C15H8S4/c1-7-4-13-15(17-7)9-5-8-11(6-12(9)19-13)18-10-2-3-16-14(8)10/h2-6H,1H3. The second-order valence-electron chi connectivity index (χ2n) is 4.71. The molecule has 0 saturated heterocycles. The fraction of sp³-hybridized carbons (Fsp3) is 0.0667. The van der Waals surface area contributed by atoms with Gasteiger partial charge in [-0.15, -0.1) is 45.3 Å². The van der Waals surface area contributed by atoms with Crippen LogP contribution in [0.4, 0.5) is 0 Å². The Kier molecular flexibility index (Phi) is 2.03. The summed E-state index contributed by atoms with van der Waals surface area (Å²) in [6, 6.07) is 9.35. The maximum Gasteiger partial charge on any atom is 0.0532 e. The molecule has 5 aromatic rings. The number of fused-ring (bicyclic) bond motifs is 6. The molecule has 0 N–H and O–H groups in total. The van der Waals surface area contributed by atoms with E-state index in [-0.39, 0.29) is 0 Å². The van der Waals surface area contributed by atoms with Gasteiger partial charge in [-0.05, 0) is 36.6 Å². The highest BCUT2D eigenvalue weighted by atomic mass is 32.1. The topological polar surface area (TPSA) is 0 Å². The van der Waals surface area contributed by atoms with Crippen molar-refractivity contribution in [1.29, 1.82) is 0 Å². The first kappa shape index (κ1) is 10.8. The first-order chi connectivity index (χ1) is 9.29. The van der Waals surface area contributed by atoms with Gasteiger partial charge in [0.1, 0.15) is 0 Å².